The Labute approximate surface area is 242 Å². The number of aliphatic carboxylic acids is 1. The highest BCUT2D eigenvalue weighted by Gasteiger charge is 2.39. The zero-order valence-corrected chi connectivity index (χ0v) is 23.1. The number of benzene rings is 2. The number of hydrogen-bond donors (Lipinski definition) is 5. The predicted molar refractivity (Wildman–Crippen MR) is 148 cm³/mol. The number of allylic oxidation sites excluding steroid dienone is 3. The molecule has 2 aromatic carbocycles. The van der Waals surface area contributed by atoms with E-state index in [1.165, 1.54) is 30.4 Å². The van der Waals surface area contributed by atoms with Crippen LogP contribution in [0.1, 0.15) is 22.5 Å². The van der Waals surface area contributed by atoms with Gasteiger partial charge in [-0.3, -0.25) is 23.8 Å². The van der Waals surface area contributed by atoms with Crippen molar-refractivity contribution in [2.75, 3.05) is 5.01 Å². The fraction of sp³-hybridized carbons (Fsp3) is 0.0800. The molecule has 1 amide bonds. The molecule has 5 N–H and O–H groups in total. The molecule has 1 aliphatic rings. The molecule has 0 saturated carbocycles. The second-order valence-corrected chi connectivity index (χ2v) is 11.6. The van der Waals surface area contributed by atoms with E-state index in [9.17, 15) is 46.2 Å². The summed E-state index contributed by atoms with van der Waals surface area (Å²) in [5.74, 6) is -4.90. The number of carboxylic acids is 2. The number of nitrogens with zero attached hydrogens (tertiary/aromatic N) is 3. The molecule has 0 radical (unpaired) electrons. The van der Waals surface area contributed by atoms with Crippen molar-refractivity contribution in [3.63, 3.8) is 0 Å². The molecule has 1 aliphatic heterocycles. The number of nitrogens with one attached hydrogen (secondary N) is 1. The van der Waals surface area contributed by atoms with Gasteiger partial charge in [0.05, 0.1) is 32.6 Å². The Kier molecular flexibility index (Phi) is 8.31. The average Bonchev–Trinajstić information content (AvgIpc) is 3.44. The summed E-state index contributed by atoms with van der Waals surface area (Å²) in [6.07, 6.45) is 5.03. The lowest BCUT2D eigenvalue weighted by molar-refractivity contribution is -0.130. The van der Waals surface area contributed by atoms with Gasteiger partial charge < -0.3 is 10.2 Å². The highest BCUT2D eigenvalue weighted by atomic mass is 32.2. The van der Waals surface area contributed by atoms with E-state index in [1.54, 1.807) is 0 Å². The fourth-order valence-electron chi connectivity index (χ4n) is 4.00. The van der Waals surface area contributed by atoms with Gasteiger partial charge in [-0.15, -0.1) is 0 Å². The summed E-state index contributed by atoms with van der Waals surface area (Å²) < 4.78 is 64.1. The van der Waals surface area contributed by atoms with E-state index in [2.05, 4.69) is 10.2 Å². The van der Waals surface area contributed by atoms with E-state index in [1.807, 2.05) is 0 Å². The molecule has 0 saturated heterocycles. The molecule has 0 spiro atoms. The Balaban J connectivity index is 1.53. The number of aromatic amines is 1. The molecular formula is C25H20N4O12S2. The van der Waals surface area contributed by atoms with Crippen molar-refractivity contribution in [1.82, 2.24) is 9.78 Å². The average molecular weight is 633 g/mol. The Bertz CT molecular complexity index is 1990. The van der Waals surface area contributed by atoms with Crippen LogP contribution >= 0.6 is 0 Å². The largest absolute Gasteiger partial charge is 0.477 e. The van der Waals surface area contributed by atoms with Crippen LogP contribution in [0.3, 0.4) is 0 Å². The molecule has 1 aromatic heterocycles. The monoisotopic (exact) mass is 632 g/mol. The van der Waals surface area contributed by atoms with Gasteiger partial charge in [0.1, 0.15) is 0 Å². The molecule has 2 heterocycles. The number of carboxylic acid groups (broad SMARTS) is 2. The number of carbonyl (C=O) groups is 3. The van der Waals surface area contributed by atoms with Crippen molar-refractivity contribution in [3.05, 3.63) is 88.4 Å². The fourth-order valence-corrected chi connectivity index (χ4v) is 4.96. The van der Waals surface area contributed by atoms with E-state index in [0.717, 1.165) is 52.2 Å². The number of carbonyl (C=O) groups excluding carboxylic acids is 1. The van der Waals surface area contributed by atoms with Crippen molar-refractivity contribution in [1.29, 1.82) is 0 Å². The zero-order valence-electron chi connectivity index (χ0n) is 21.4. The van der Waals surface area contributed by atoms with Gasteiger partial charge in [0.15, 0.2) is 11.4 Å². The maximum Gasteiger partial charge on any atom is 0.354 e. The number of anilines is 1. The lowest BCUT2D eigenvalue weighted by atomic mass is 9.99. The quantitative estimate of drug-likeness (QED) is 0.157. The first-order chi connectivity index (χ1) is 20.1. The van der Waals surface area contributed by atoms with Gasteiger partial charge in [0.25, 0.3) is 31.7 Å². The molecule has 1 atom stereocenters. The zero-order chi connectivity index (χ0) is 31.7. The molecule has 3 aromatic rings. The van der Waals surface area contributed by atoms with E-state index in [-0.39, 0.29) is 23.4 Å². The topological polar surface area (TPSA) is 254 Å². The third-order valence-electron chi connectivity index (χ3n) is 6.06. The van der Waals surface area contributed by atoms with E-state index >= 15 is 0 Å². The van der Waals surface area contributed by atoms with Gasteiger partial charge in [0.2, 0.25) is 0 Å². The Morgan fingerprint density at radius 3 is 1.86 bits per heavy atom. The van der Waals surface area contributed by atoms with Crippen molar-refractivity contribution in [3.8, 4) is 5.69 Å². The summed E-state index contributed by atoms with van der Waals surface area (Å²) in [7, 11) is -8.98. The van der Waals surface area contributed by atoms with Crippen molar-refractivity contribution >= 4 is 55.6 Å². The van der Waals surface area contributed by atoms with Crippen molar-refractivity contribution in [2.45, 2.75) is 16.2 Å². The molecule has 0 fully saturated rings. The third-order valence-corrected chi connectivity index (χ3v) is 7.79. The molecule has 43 heavy (non-hydrogen) atoms. The van der Waals surface area contributed by atoms with Crippen LogP contribution < -0.4 is 10.6 Å². The maximum atomic E-state index is 12.9. The van der Waals surface area contributed by atoms with Crippen LogP contribution in [0.2, 0.25) is 0 Å². The number of hydrogen-bond acceptors (Lipinski definition) is 9. The van der Waals surface area contributed by atoms with E-state index in [4.69, 9.17) is 9.11 Å². The van der Waals surface area contributed by atoms with Crippen LogP contribution in [0.5, 0.6) is 0 Å². The van der Waals surface area contributed by atoms with Crippen LogP contribution in [-0.4, -0.2) is 69.5 Å². The summed E-state index contributed by atoms with van der Waals surface area (Å²) in [5, 5.41) is 26.1. The summed E-state index contributed by atoms with van der Waals surface area (Å²) >= 11 is 0. The summed E-state index contributed by atoms with van der Waals surface area (Å²) in [6, 6.07) is 8.74. The molecule has 0 bridgehead atoms. The van der Waals surface area contributed by atoms with Gasteiger partial charge >= 0.3 is 11.9 Å². The number of hydrazone groups is 1. The second-order valence-electron chi connectivity index (χ2n) is 8.80. The van der Waals surface area contributed by atoms with Crippen LogP contribution in [0.4, 0.5) is 5.69 Å². The van der Waals surface area contributed by atoms with Gasteiger partial charge in [-0.2, -0.15) is 26.9 Å². The minimum atomic E-state index is -4.49. The molecule has 4 rings (SSSR count). The minimum absolute atomic E-state index is 0.0556. The molecule has 0 aliphatic carbocycles. The third kappa shape index (κ3) is 6.51. The molecule has 1 unspecified atom stereocenters. The number of H-pyrrole nitrogens is 1. The number of aromatic nitrogens is 2. The summed E-state index contributed by atoms with van der Waals surface area (Å²) in [4.78, 5) is 48.4. The Hall–Kier alpha value is -5.17. The lowest BCUT2D eigenvalue weighted by Gasteiger charge is -2.13. The molecule has 224 valence electrons. The smallest absolute Gasteiger partial charge is 0.354 e. The number of rotatable bonds is 10. The maximum absolute atomic E-state index is 12.9. The van der Waals surface area contributed by atoms with Gasteiger partial charge in [0, 0.05) is 0 Å². The van der Waals surface area contributed by atoms with Crippen LogP contribution in [-0.2, 0) is 29.8 Å². The second kappa shape index (κ2) is 11.6. The summed E-state index contributed by atoms with van der Waals surface area (Å²) in [6.45, 7) is 0. The molecular weight excluding hydrogens is 612 g/mol. The minimum Gasteiger partial charge on any atom is -0.477 e. The first kappa shape index (κ1) is 30.8. The van der Waals surface area contributed by atoms with Crippen molar-refractivity contribution < 1.29 is 50.5 Å². The molecule has 18 heteroatoms. The summed E-state index contributed by atoms with van der Waals surface area (Å²) in [5.41, 5.74) is -1.92. The van der Waals surface area contributed by atoms with Crippen molar-refractivity contribution in [2.24, 2.45) is 11.0 Å². The van der Waals surface area contributed by atoms with Crippen LogP contribution in [0.15, 0.2) is 86.4 Å². The SMILES string of the molecule is O=C(O)C1=NN(c2ccc(S(=O)(=O)O)cc2)C(=O)C1CC=CC=Cc1c(C(=O)O)[nH]n(-c2ccc(S(=O)(=O)O)cc2)c1=O. The van der Waals surface area contributed by atoms with Gasteiger partial charge in [-0.25, -0.2) is 14.3 Å². The Morgan fingerprint density at radius 1 is 0.837 bits per heavy atom. The molecule has 16 nitrogen and oxygen atoms in total. The lowest BCUT2D eigenvalue weighted by Crippen LogP contribution is -2.29. The number of aromatic carboxylic acids is 1. The van der Waals surface area contributed by atoms with Crippen LogP contribution in [0.25, 0.3) is 11.8 Å². The van der Waals surface area contributed by atoms with Crippen LogP contribution in [0, 0.1) is 5.92 Å². The Morgan fingerprint density at radius 2 is 1.37 bits per heavy atom. The normalized spacial score (nSPS) is 15.9. The highest BCUT2D eigenvalue weighted by Crippen LogP contribution is 2.27. The first-order valence-electron chi connectivity index (χ1n) is 11.8. The van der Waals surface area contributed by atoms with Gasteiger partial charge in [-0.1, -0.05) is 18.2 Å². The van der Waals surface area contributed by atoms with E-state index in [0.29, 0.717) is 0 Å². The standard InChI is InChI=1S/C25H20N4O12S2/c30-22-18(20(24(32)33)26-28(22)14-6-10-16(11-7-14)42(36,37)38)4-2-1-3-5-19-21(25(34)35)27-29(23(19)31)15-8-12-17(13-9-15)43(39,40)41/h1-4,6-13,19,26H,5H2,(H,32,33)(H,34,35)(H,36,37,38)(H,39,40,41). The van der Waals surface area contributed by atoms with Gasteiger partial charge in [-0.05, 0) is 61.0 Å². The highest BCUT2D eigenvalue weighted by molar-refractivity contribution is 7.86. The predicted octanol–water partition coefficient (Wildman–Crippen LogP) is 1.42. The first-order valence-corrected chi connectivity index (χ1v) is 14.7. The number of amides is 1. The van der Waals surface area contributed by atoms with E-state index < -0.39 is 70.8 Å².